The van der Waals surface area contributed by atoms with E-state index < -0.39 is 241 Å². The fourth-order valence-corrected chi connectivity index (χ4v) is 14.6. The van der Waals surface area contributed by atoms with Crippen LogP contribution in [-0.4, -0.2) is 295 Å². The molecule has 2 aromatic rings. The second kappa shape index (κ2) is 55.0. The van der Waals surface area contributed by atoms with E-state index in [4.69, 9.17) is 89.5 Å². The number of benzene rings is 1. The highest BCUT2D eigenvalue weighted by molar-refractivity contribution is 6.02. The van der Waals surface area contributed by atoms with Crippen LogP contribution < -0.4 is 153 Å². The lowest BCUT2D eigenvalue weighted by molar-refractivity contribution is -0.148. The van der Waals surface area contributed by atoms with Crippen LogP contribution in [0.25, 0.3) is 10.9 Å². The van der Waals surface area contributed by atoms with Crippen LogP contribution in [0.5, 0.6) is 0 Å². The van der Waals surface area contributed by atoms with Gasteiger partial charge in [-0.05, 0) is 141 Å². The second-order valence-corrected chi connectivity index (χ2v) is 31.6. The predicted octanol–water partition coefficient (Wildman–Crippen LogP) is -11.8. The Kier molecular flexibility index (Phi) is 44.8. The van der Waals surface area contributed by atoms with Crippen molar-refractivity contribution in [2.45, 2.75) is 227 Å². The highest BCUT2D eigenvalue weighted by atomic mass is 16.2. The van der Waals surface area contributed by atoms with E-state index in [1.54, 1.807) is 30.5 Å². The lowest BCUT2D eigenvalue weighted by Crippen LogP contribution is -2.61. The summed E-state index contributed by atoms with van der Waals surface area (Å²) in [6.45, 7) is -0.237. The number of rotatable bonds is 35. The molecule has 4 heterocycles. The van der Waals surface area contributed by atoms with Crippen molar-refractivity contribution >= 4 is 147 Å². The van der Waals surface area contributed by atoms with Gasteiger partial charge >= 0.3 is 0 Å². The van der Waals surface area contributed by atoms with Gasteiger partial charge in [0, 0.05) is 88.8 Å². The first-order valence-electron chi connectivity index (χ1n) is 43.0. The van der Waals surface area contributed by atoms with Crippen molar-refractivity contribution in [3.8, 4) is 0 Å². The Morgan fingerprint density at radius 2 is 0.679 bits per heavy atom. The zero-order valence-corrected chi connectivity index (χ0v) is 73.1. The third kappa shape index (κ3) is 38.3. The van der Waals surface area contributed by atoms with Gasteiger partial charge in [-0.2, -0.15) is 0 Å². The Bertz CT molecular complexity index is 4410. The fraction of sp³-hybridized carbons (Fsp3) is 0.597. The number of hydrogen-bond donors (Lipinski definition) is 36. The number of para-hydroxylation sites is 1. The molecule has 1 aromatic carbocycles. The third-order valence-electron chi connectivity index (χ3n) is 21.2. The first kappa shape index (κ1) is 107. The summed E-state index contributed by atoms with van der Waals surface area (Å²) >= 11 is 0. The summed E-state index contributed by atoms with van der Waals surface area (Å²) in [5.41, 5.74) is 51.3. The molecule has 0 unspecified atom stereocenters. The number of carbonyl (C=O) groups is 16. The van der Waals surface area contributed by atoms with Crippen molar-refractivity contribution in [2.24, 2.45) is 51.6 Å². The van der Waals surface area contributed by atoms with Crippen molar-refractivity contribution in [3.63, 3.8) is 0 Å². The molecule has 0 radical (unpaired) electrons. The molecule has 54 nitrogen and oxygen atoms in total. The van der Waals surface area contributed by atoms with Crippen LogP contribution in [0.1, 0.15) is 147 Å². The Morgan fingerprint density at radius 1 is 0.359 bits per heavy atom. The molecule has 3 fully saturated rings. The van der Waals surface area contributed by atoms with Gasteiger partial charge in [0.05, 0.1) is 13.0 Å². The van der Waals surface area contributed by atoms with Gasteiger partial charge in [0.15, 0.2) is 41.7 Å². The number of aromatic nitrogens is 1. The molecule has 54 heteroatoms. The maximum atomic E-state index is 15.4. The topological polar surface area (TPSA) is 925 Å². The van der Waals surface area contributed by atoms with Gasteiger partial charge in [0.25, 0.3) is 0 Å². The lowest BCUT2D eigenvalue weighted by atomic mass is 10.0. The summed E-state index contributed by atoms with van der Waals surface area (Å²) in [5, 5.41) is 104. The zero-order chi connectivity index (χ0) is 97.0. The summed E-state index contributed by atoms with van der Waals surface area (Å²) in [6.07, 6.45) is -2.20. The number of nitrogens with zero attached hydrogens (tertiary/aromatic N) is 2. The van der Waals surface area contributed by atoms with Crippen molar-refractivity contribution in [3.05, 3.63) is 36.0 Å². The van der Waals surface area contributed by atoms with Gasteiger partial charge in [0.1, 0.15) is 78.5 Å². The molecular weight excluding hydrogens is 1710 g/mol. The largest absolute Gasteiger partial charge is 0.370 e. The summed E-state index contributed by atoms with van der Waals surface area (Å²) in [5.74, 6) is -19.6. The predicted molar refractivity (Wildman–Crippen MR) is 478 cm³/mol. The van der Waals surface area contributed by atoms with Crippen molar-refractivity contribution in [2.75, 3.05) is 65.4 Å². The van der Waals surface area contributed by atoms with E-state index in [1.165, 1.54) is 16.7 Å². The van der Waals surface area contributed by atoms with Gasteiger partial charge in [-0.15, -0.1) is 0 Å². The lowest BCUT2D eigenvalue weighted by Gasteiger charge is -2.34. The molecule has 0 saturated carbocycles. The molecule has 0 aliphatic carbocycles. The number of amides is 16. The Morgan fingerprint density at radius 3 is 1.08 bits per heavy atom. The minimum atomic E-state index is -1.98. The molecule has 131 heavy (non-hydrogen) atoms. The zero-order valence-electron chi connectivity index (χ0n) is 73.1. The van der Waals surface area contributed by atoms with Crippen LogP contribution in [0, 0.1) is 37.9 Å². The third-order valence-corrected chi connectivity index (χ3v) is 21.2. The minimum Gasteiger partial charge on any atom is -0.370 e. The molecular formula is C77H130N38O16. The second-order valence-electron chi connectivity index (χ2n) is 31.6. The van der Waals surface area contributed by atoms with Crippen LogP contribution in [0.3, 0.4) is 0 Å². The summed E-state index contributed by atoms with van der Waals surface area (Å²) < 4.78 is 0. The SMILES string of the molecule is C[C@@H]1NC(=O)[C@H](CCCNC(=N)N)NC(=O)[C@H](CCCNC(=N)N)NC(=O)[C@H](CCCNC(=N)N)NC(=O)[C@H](Cc2c[nH]c3ccccc23)NC(=O)[C@H]2CCCN2C(=O)[C@@H]2CCCN2C(=O)[C@H](CCCNC(=N)N)NC(=O)[C@H](CCCNC(=N)N)NC(=O)[C@H](CC(N)=O)NC(=O)[C@H](CCCNC(=N)N)NC(=O)[C@H](CCC(N)=O)NC(=O)CNC(=O)[C@@H](CCCNC(=N)N)NC1=O. The first-order valence-corrected chi connectivity index (χ1v) is 43.0. The average Bonchev–Trinajstić information content (AvgIpc) is 1.66. The van der Waals surface area contributed by atoms with Gasteiger partial charge in [-0.25, -0.2) is 0 Å². The summed E-state index contributed by atoms with van der Waals surface area (Å²) in [4.78, 5) is 238. The molecule has 1 aromatic heterocycles. The van der Waals surface area contributed by atoms with E-state index >= 15 is 28.8 Å². The summed E-state index contributed by atoms with van der Waals surface area (Å²) in [6, 6.07) is -13.8. The molecule has 0 spiro atoms. The number of guanidine groups is 7. The fourth-order valence-electron chi connectivity index (χ4n) is 14.6. The molecule has 0 bridgehead atoms. The molecule has 3 aliphatic heterocycles. The van der Waals surface area contributed by atoms with E-state index in [-0.39, 0.29) is 181 Å². The number of hydrogen-bond acceptors (Lipinski definition) is 23. The Labute approximate surface area is 754 Å². The highest BCUT2D eigenvalue weighted by Gasteiger charge is 2.46. The first-order chi connectivity index (χ1) is 62.1. The Balaban J connectivity index is 1.69. The van der Waals surface area contributed by atoms with Gasteiger partial charge in [-0.1, -0.05) is 18.2 Å². The van der Waals surface area contributed by atoms with E-state index in [2.05, 4.69) is 106 Å². The Hall–Kier alpha value is -14.8. The van der Waals surface area contributed by atoms with Crippen LogP contribution in [0.2, 0.25) is 0 Å². The summed E-state index contributed by atoms with van der Waals surface area (Å²) in [7, 11) is 0. The van der Waals surface area contributed by atoms with E-state index in [9.17, 15) is 47.9 Å². The number of H-pyrrole nitrogens is 1. The molecule has 3 saturated heterocycles. The highest BCUT2D eigenvalue weighted by Crippen LogP contribution is 2.28. The van der Waals surface area contributed by atoms with Crippen LogP contribution in [0.4, 0.5) is 0 Å². The van der Waals surface area contributed by atoms with E-state index in [0.717, 1.165) is 0 Å². The molecule has 724 valence electrons. The van der Waals surface area contributed by atoms with E-state index in [0.29, 0.717) is 16.5 Å². The van der Waals surface area contributed by atoms with Gasteiger partial charge in [-0.3, -0.25) is 115 Å². The van der Waals surface area contributed by atoms with Crippen molar-refractivity contribution in [1.82, 2.24) is 116 Å². The van der Waals surface area contributed by atoms with Crippen LogP contribution in [-0.2, 0) is 83.1 Å². The molecule has 16 amide bonds. The number of nitrogens with one attached hydrogen (secondary N) is 27. The molecule has 5 rings (SSSR count). The minimum absolute atomic E-state index is 0.00195. The number of primary amides is 2. The van der Waals surface area contributed by atoms with Crippen LogP contribution >= 0.6 is 0 Å². The maximum Gasteiger partial charge on any atom is 0.246 e. The van der Waals surface area contributed by atoms with Gasteiger partial charge < -0.3 is 167 Å². The smallest absolute Gasteiger partial charge is 0.246 e. The van der Waals surface area contributed by atoms with Crippen molar-refractivity contribution in [1.29, 1.82) is 37.9 Å². The number of aromatic amines is 1. The van der Waals surface area contributed by atoms with E-state index in [1.807, 2.05) is 0 Å². The van der Waals surface area contributed by atoms with Crippen molar-refractivity contribution < 1.29 is 76.7 Å². The molecule has 3 aliphatic rings. The monoisotopic (exact) mass is 1840 g/mol. The molecule has 45 N–H and O–H groups in total. The molecule has 13 atom stereocenters. The van der Waals surface area contributed by atoms with Gasteiger partial charge in [0.2, 0.25) is 94.5 Å². The number of fused-ring (bicyclic) bond motifs is 3. The number of carbonyl (C=O) groups excluding carboxylic acids is 16. The quantitative estimate of drug-likeness (QED) is 0.0173. The average molecular weight is 1840 g/mol. The normalized spacial score (nSPS) is 23.1. The standard InChI is InChI=1S/C77H130N38O16/c1-39-58(119)105-43(15-4-26-94-71(80)81)59(120)102-38-57(118)104-49(24-25-55(78)116)65(126)108-48(20-9-31-99-76(90)91)64(125)112-52(36-56(79)117)67(128)110-47(19-8-30-98-75(88)89)63(124)111-50(21-10-32-100-77(92)93)69(130)115-34-12-23-54(115)70(131)114-33-11-22-53(114)68(129)113-51(35-40-37-101-42-14-3-2-13-41(40)42)66(127)109-46(18-7-29-97-74(86)87)62(123)107-45(17-6-28-96-73(84)85)61(122)106-44(60(121)103-39)16-5-27-95-72(82)83/h2-3,13-14,37,39,43-54,101H,4-12,15-36,38H2,1H3,(H2,78,116)(H2,79,117)(H,102,120)(H,103,121)(H,104,118)(H,105,119)(H,106,122)(H,107,123)(H,108,126)(H,109,127)(H,110,128)(H,111,124)(H,112,125)(H,113,129)(H4,80,81,94)(H4,82,83,95)(H4,84,85,96)(H4,86,87,97)(H4,88,89,98)(H4,90,91,99)(H4,92,93,100)/t39-,43+,44-,45-,46-,47-,48-,49-,50-,51-,52-,53+,54-/m0/s1. The van der Waals surface area contributed by atoms with Crippen LogP contribution in [0.15, 0.2) is 30.5 Å². The number of nitrogens with two attached hydrogens (primary N) is 9. The maximum absolute atomic E-state index is 15.4.